The molecule has 1 fully saturated rings. The maximum atomic E-state index is 13.9. The van der Waals surface area contributed by atoms with E-state index in [-0.39, 0.29) is 5.91 Å². The second kappa shape index (κ2) is 9.58. The lowest BCUT2D eigenvalue weighted by molar-refractivity contribution is 0.0631. The van der Waals surface area contributed by atoms with Crippen molar-refractivity contribution in [3.05, 3.63) is 87.1 Å². The molecule has 162 valence electrons. The van der Waals surface area contributed by atoms with Crippen molar-refractivity contribution in [2.75, 3.05) is 26.2 Å². The number of carbonyl (C=O) groups is 1. The molecule has 0 saturated carbocycles. The van der Waals surface area contributed by atoms with Crippen molar-refractivity contribution < 1.29 is 18.3 Å². The normalized spacial score (nSPS) is 14.6. The summed E-state index contributed by atoms with van der Waals surface area (Å²) >= 11 is 1.42. The van der Waals surface area contributed by atoms with Gasteiger partial charge in [-0.3, -0.25) is 9.69 Å². The standard InChI is InChI=1S/C24H24F2N2O2S/c1-17-4-2-6-20(12-17)30-15-18-13-22(31-16-18)24(29)28-10-8-27(9-11-28)14-19-5-3-7-21(25)23(19)26/h2-7,12-13,16H,8-11,14-15H2,1H3. The Bertz CT molecular complexity index is 1060. The van der Waals surface area contributed by atoms with Gasteiger partial charge in [-0.2, -0.15) is 0 Å². The first kappa shape index (κ1) is 21.5. The average Bonchev–Trinajstić information content (AvgIpc) is 3.25. The molecule has 0 N–H and O–H groups in total. The van der Waals surface area contributed by atoms with Crippen LogP contribution in [0.4, 0.5) is 8.78 Å². The number of halogens is 2. The molecule has 2 heterocycles. The number of ether oxygens (including phenoxy) is 1. The van der Waals surface area contributed by atoms with Crippen LogP contribution in [0.2, 0.25) is 0 Å². The van der Waals surface area contributed by atoms with Crippen LogP contribution in [0.3, 0.4) is 0 Å². The molecule has 0 aliphatic carbocycles. The molecule has 0 bridgehead atoms. The molecule has 1 aliphatic rings. The molecule has 1 aliphatic heterocycles. The number of nitrogens with zero attached hydrogens (tertiary/aromatic N) is 2. The van der Waals surface area contributed by atoms with E-state index in [1.54, 1.807) is 6.07 Å². The fraction of sp³-hybridized carbons (Fsp3) is 0.292. The smallest absolute Gasteiger partial charge is 0.264 e. The number of hydrogen-bond acceptors (Lipinski definition) is 4. The lowest BCUT2D eigenvalue weighted by Gasteiger charge is -2.34. The van der Waals surface area contributed by atoms with Crippen molar-refractivity contribution in [1.82, 2.24) is 9.80 Å². The Morgan fingerprint density at radius 1 is 1.06 bits per heavy atom. The number of amides is 1. The van der Waals surface area contributed by atoms with E-state index >= 15 is 0 Å². The highest BCUT2D eigenvalue weighted by atomic mass is 32.1. The SMILES string of the molecule is Cc1cccc(OCc2csc(C(=O)N3CCN(Cc4cccc(F)c4F)CC3)c2)c1. The minimum absolute atomic E-state index is 0.00314. The summed E-state index contributed by atoms with van der Waals surface area (Å²) in [6.45, 7) is 5.13. The van der Waals surface area contributed by atoms with Gasteiger partial charge in [0.1, 0.15) is 12.4 Å². The average molecular weight is 443 g/mol. The van der Waals surface area contributed by atoms with E-state index in [0.717, 1.165) is 22.9 Å². The minimum atomic E-state index is -0.828. The van der Waals surface area contributed by atoms with Gasteiger partial charge in [0.05, 0.1) is 4.88 Å². The van der Waals surface area contributed by atoms with E-state index in [4.69, 9.17) is 4.74 Å². The second-order valence-corrected chi connectivity index (χ2v) is 8.62. The van der Waals surface area contributed by atoms with Crippen LogP contribution in [0.15, 0.2) is 53.9 Å². The van der Waals surface area contributed by atoms with E-state index in [1.165, 1.54) is 17.4 Å². The van der Waals surface area contributed by atoms with Gasteiger partial charge in [0.25, 0.3) is 5.91 Å². The van der Waals surface area contributed by atoms with Gasteiger partial charge in [-0.1, -0.05) is 24.3 Å². The van der Waals surface area contributed by atoms with E-state index in [9.17, 15) is 13.6 Å². The summed E-state index contributed by atoms with van der Waals surface area (Å²) in [5.41, 5.74) is 2.45. The van der Waals surface area contributed by atoms with Gasteiger partial charge in [-0.05, 0) is 42.1 Å². The van der Waals surface area contributed by atoms with Gasteiger partial charge in [0, 0.05) is 43.9 Å². The molecular weight excluding hydrogens is 418 g/mol. The molecule has 7 heteroatoms. The van der Waals surface area contributed by atoms with Crippen LogP contribution in [-0.4, -0.2) is 41.9 Å². The summed E-state index contributed by atoms with van der Waals surface area (Å²) < 4.78 is 33.1. The number of benzene rings is 2. The third-order valence-electron chi connectivity index (χ3n) is 5.34. The number of thiophene rings is 1. The lowest BCUT2D eigenvalue weighted by Crippen LogP contribution is -2.48. The van der Waals surface area contributed by atoms with Crippen molar-refractivity contribution >= 4 is 17.2 Å². The predicted molar refractivity (Wildman–Crippen MR) is 117 cm³/mol. The minimum Gasteiger partial charge on any atom is -0.489 e. The van der Waals surface area contributed by atoms with Gasteiger partial charge < -0.3 is 9.64 Å². The number of piperazine rings is 1. The van der Waals surface area contributed by atoms with Crippen LogP contribution >= 0.6 is 11.3 Å². The van der Waals surface area contributed by atoms with Gasteiger partial charge in [0.2, 0.25) is 0 Å². The summed E-state index contributed by atoms with van der Waals surface area (Å²) in [6.07, 6.45) is 0. The maximum absolute atomic E-state index is 13.9. The summed E-state index contributed by atoms with van der Waals surface area (Å²) in [5.74, 6) is -0.806. The van der Waals surface area contributed by atoms with E-state index in [1.807, 2.05) is 52.4 Å². The van der Waals surface area contributed by atoms with Crippen LogP contribution in [-0.2, 0) is 13.2 Å². The van der Waals surface area contributed by atoms with Crippen molar-refractivity contribution in [2.24, 2.45) is 0 Å². The topological polar surface area (TPSA) is 32.8 Å². The zero-order chi connectivity index (χ0) is 21.8. The third-order valence-corrected chi connectivity index (χ3v) is 6.31. The molecule has 0 unspecified atom stereocenters. The van der Waals surface area contributed by atoms with Crippen molar-refractivity contribution in [3.63, 3.8) is 0 Å². The van der Waals surface area contributed by atoms with E-state index < -0.39 is 11.6 Å². The highest BCUT2D eigenvalue weighted by molar-refractivity contribution is 7.12. The van der Waals surface area contributed by atoms with E-state index in [0.29, 0.717) is 49.8 Å². The predicted octanol–water partition coefficient (Wildman–Crippen LogP) is 4.87. The molecule has 4 nitrogen and oxygen atoms in total. The Labute approximate surface area is 184 Å². The van der Waals surface area contributed by atoms with Gasteiger partial charge in [-0.15, -0.1) is 11.3 Å². The number of aryl methyl sites for hydroxylation is 1. The molecule has 0 spiro atoms. The Morgan fingerprint density at radius 2 is 1.84 bits per heavy atom. The molecule has 0 atom stereocenters. The molecule has 1 saturated heterocycles. The number of hydrogen-bond donors (Lipinski definition) is 0. The fourth-order valence-corrected chi connectivity index (χ4v) is 4.48. The van der Waals surface area contributed by atoms with Gasteiger partial charge in [0.15, 0.2) is 11.6 Å². The molecule has 2 aromatic carbocycles. The first-order valence-corrected chi connectivity index (χ1v) is 11.1. The van der Waals surface area contributed by atoms with Crippen molar-refractivity contribution in [2.45, 2.75) is 20.1 Å². The van der Waals surface area contributed by atoms with Crippen LogP contribution in [0.5, 0.6) is 5.75 Å². The molecule has 1 aromatic heterocycles. The molecule has 4 rings (SSSR count). The van der Waals surface area contributed by atoms with Crippen LogP contribution in [0.25, 0.3) is 0 Å². The van der Waals surface area contributed by atoms with Crippen LogP contribution in [0.1, 0.15) is 26.4 Å². The second-order valence-electron chi connectivity index (χ2n) is 7.71. The maximum Gasteiger partial charge on any atom is 0.264 e. The Kier molecular flexibility index (Phi) is 6.63. The van der Waals surface area contributed by atoms with Crippen molar-refractivity contribution in [3.8, 4) is 5.75 Å². The Hall–Kier alpha value is -2.77. The third kappa shape index (κ3) is 5.29. The molecular formula is C24H24F2N2O2S. The quantitative estimate of drug-likeness (QED) is 0.546. The fourth-order valence-electron chi connectivity index (χ4n) is 3.61. The van der Waals surface area contributed by atoms with Crippen LogP contribution < -0.4 is 4.74 Å². The summed E-state index contributed by atoms with van der Waals surface area (Å²) in [6, 6.07) is 14.0. The number of carbonyl (C=O) groups excluding carboxylic acids is 1. The molecule has 0 radical (unpaired) electrons. The zero-order valence-electron chi connectivity index (χ0n) is 17.3. The highest BCUT2D eigenvalue weighted by Gasteiger charge is 2.24. The largest absolute Gasteiger partial charge is 0.489 e. The summed E-state index contributed by atoms with van der Waals surface area (Å²) in [5, 5.41) is 1.95. The van der Waals surface area contributed by atoms with Crippen molar-refractivity contribution in [1.29, 1.82) is 0 Å². The van der Waals surface area contributed by atoms with Gasteiger partial charge >= 0.3 is 0 Å². The summed E-state index contributed by atoms with van der Waals surface area (Å²) in [7, 11) is 0. The van der Waals surface area contributed by atoms with Gasteiger partial charge in [-0.25, -0.2) is 8.78 Å². The Balaban J connectivity index is 1.29. The monoisotopic (exact) mass is 442 g/mol. The Morgan fingerprint density at radius 3 is 2.61 bits per heavy atom. The zero-order valence-corrected chi connectivity index (χ0v) is 18.1. The number of rotatable bonds is 6. The summed E-state index contributed by atoms with van der Waals surface area (Å²) in [4.78, 5) is 17.4. The first-order valence-electron chi connectivity index (χ1n) is 10.2. The van der Waals surface area contributed by atoms with E-state index in [2.05, 4.69) is 0 Å². The molecule has 3 aromatic rings. The first-order chi connectivity index (χ1) is 15.0. The van der Waals surface area contributed by atoms with Crippen LogP contribution in [0, 0.1) is 18.6 Å². The molecule has 1 amide bonds. The molecule has 31 heavy (non-hydrogen) atoms. The highest BCUT2D eigenvalue weighted by Crippen LogP contribution is 2.21. The lowest BCUT2D eigenvalue weighted by atomic mass is 10.1.